The summed E-state index contributed by atoms with van der Waals surface area (Å²) in [6, 6.07) is 0.674. The van der Waals surface area contributed by atoms with E-state index in [1.54, 1.807) is 0 Å². The molecule has 0 aliphatic heterocycles. The van der Waals surface area contributed by atoms with Crippen LogP contribution in [0.4, 0.5) is 0 Å². The largest absolute Gasteiger partial charge is 0.306 e. The summed E-state index contributed by atoms with van der Waals surface area (Å²) in [5.74, 6) is 3.50. The minimum Gasteiger partial charge on any atom is -0.306 e. The van der Waals surface area contributed by atoms with Gasteiger partial charge in [0, 0.05) is 11.5 Å². The molecule has 0 aromatic rings. The zero-order chi connectivity index (χ0) is 18.0. The number of carbonyl (C=O) groups excluding carboxylic acids is 1. The second-order valence-electron chi connectivity index (χ2n) is 10.0. The van der Waals surface area contributed by atoms with Crippen LogP contribution in [-0.2, 0) is 4.79 Å². The van der Waals surface area contributed by atoms with Crippen LogP contribution in [0.5, 0.6) is 0 Å². The summed E-state index contributed by atoms with van der Waals surface area (Å²) >= 11 is 0. The summed E-state index contributed by atoms with van der Waals surface area (Å²) in [4.78, 5) is 14.3. The molecule has 0 amide bonds. The lowest BCUT2D eigenvalue weighted by Gasteiger charge is -2.57. The van der Waals surface area contributed by atoms with E-state index in [0.717, 1.165) is 30.1 Å². The Hall–Kier alpha value is -0.890. The third-order valence-corrected chi connectivity index (χ3v) is 9.03. The number of nitrogens with zero attached hydrogens (tertiary/aromatic N) is 1. The Morgan fingerprint density at radius 3 is 2.60 bits per heavy atom. The molecule has 0 spiro atoms. The van der Waals surface area contributed by atoms with Crippen molar-refractivity contribution in [1.82, 2.24) is 4.90 Å². The molecule has 0 bridgehead atoms. The first kappa shape index (κ1) is 17.5. The number of rotatable bonds is 2. The van der Waals surface area contributed by atoms with E-state index in [2.05, 4.69) is 45.8 Å². The second kappa shape index (κ2) is 5.81. The molecule has 2 nitrogen and oxygen atoms in total. The van der Waals surface area contributed by atoms with Crippen LogP contribution in [0.25, 0.3) is 0 Å². The van der Waals surface area contributed by atoms with Gasteiger partial charge >= 0.3 is 0 Å². The first-order valence-electron chi connectivity index (χ1n) is 10.4. The zero-order valence-electron chi connectivity index (χ0n) is 16.7. The van der Waals surface area contributed by atoms with Gasteiger partial charge in [-0.2, -0.15) is 0 Å². The summed E-state index contributed by atoms with van der Waals surface area (Å²) < 4.78 is 0. The van der Waals surface area contributed by atoms with E-state index in [-0.39, 0.29) is 11.2 Å². The van der Waals surface area contributed by atoms with E-state index in [4.69, 9.17) is 0 Å². The van der Waals surface area contributed by atoms with Crippen molar-refractivity contribution >= 4 is 5.78 Å². The van der Waals surface area contributed by atoms with Gasteiger partial charge in [0.15, 0.2) is 5.78 Å². The van der Waals surface area contributed by atoms with Gasteiger partial charge in [-0.3, -0.25) is 4.79 Å². The number of ketones is 1. The number of allylic oxidation sites excluding steroid dienone is 4. The summed E-state index contributed by atoms with van der Waals surface area (Å²) in [5.41, 5.74) is 2.07. The molecule has 0 heterocycles. The second-order valence-corrected chi connectivity index (χ2v) is 10.0. The molecule has 4 aliphatic carbocycles. The van der Waals surface area contributed by atoms with Crippen molar-refractivity contribution in [2.75, 3.05) is 14.1 Å². The molecule has 25 heavy (non-hydrogen) atoms. The van der Waals surface area contributed by atoms with Gasteiger partial charge in [0.2, 0.25) is 0 Å². The van der Waals surface area contributed by atoms with E-state index < -0.39 is 0 Å². The standard InChI is InChI=1S/C23H35NO/c1-15(24(4)5)19-8-9-20-18-7-6-16-14-17(25)10-12-22(16,2)21(18)11-13-23(19,20)3/h10,12,14-15,18-21H,6-9,11,13H2,1-5H3/t15-,18-,19+,20-,21-,22-,23+/m0/s1. The molecule has 138 valence electrons. The molecule has 4 aliphatic rings. The minimum atomic E-state index is 0.142. The number of hydrogen-bond donors (Lipinski definition) is 0. The van der Waals surface area contributed by atoms with E-state index in [1.807, 2.05) is 12.2 Å². The third kappa shape index (κ3) is 2.43. The maximum absolute atomic E-state index is 11.9. The monoisotopic (exact) mass is 341 g/mol. The predicted octanol–water partition coefficient (Wildman–Crippen LogP) is 4.86. The van der Waals surface area contributed by atoms with E-state index in [0.29, 0.717) is 11.5 Å². The molecule has 0 unspecified atom stereocenters. The molecule has 0 N–H and O–H groups in total. The normalized spacial score (nSPS) is 47.1. The lowest BCUT2D eigenvalue weighted by molar-refractivity contribution is -0.111. The highest BCUT2D eigenvalue weighted by atomic mass is 16.1. The van der Waals surface area contributed by atoms with Crippen LogP contribution in [-0.4, -0.2) is 30.8 Å². The zero-order valence-corrected chi connectivity index (χ0v) is 16.7. The average molecular weight is 342 g/mol. The molecule has 7 atom stereocenters. The first-order valence-corrected chi connectivity index (χ1v) is 10.4. The summed E-state index contributed by atoms with van der Waals surface area (Å²) in [7, 11) is 4.49. The number of hydrogen-bond acceptors (Lipinski definition) is 2. The van der Waals surface area contributed by atoms with Crippen molar-refractivity contribution in [3.8, 4) is 0 Å². The van der Waals surface area contributed by atoms with E-state index in [1.165, 1.54) is 37.7 Å². The van der Waals surface area contributed by atoms with Crippen LogP contribution >= 0.6 is 0 Å². The predicted molar refractivity (Wildman–Crippen MR) is 103 cm³/mol. The highest BCUT2D eigenvalue weighted by Gasteiger charge is 2.59. The highest BCUT2D eigenvalue weighted by Crippen LogP contribution is 2.66. The molecule has 0 aromatic carbocycles. The van der Waals surface area contributed by atoms with E-state index in [9.17, 15) is 4.79 Å². The smallest absolute Gasteiger partial charge is 0.178 e. The summed E-state index contributed by atoms with van der Waals surface area (Å²) in [5, 5.41) is 0. The lowest BCUT2D eigenvalue weighted by Crippen LogP contribution is -2.51. The Morgan fingerprint density at radius 2 is 1.88 bits per heavy atom. The van der Waals surface area contributed by atoms with Crippen LogP contribution in [0.15, 0.2) is 23.8 Å². The molecule has 3 saturated carbocycles. The molecule has 4 rings (SSSR count). The molecular weight excluding hydrogens is 306 g/mol. The highest BCUT2D eigenvalue weighted by molar-refractivity contribution is 6.01. The van der Waals surface area contributed by atoms with Crippen molar-refractivity contribution in [2.45, 2.75) is 65.3 Å². The minimum absolute atomic E-state index is 0.142. The SMILES string of the molecule is C[C@@H]([C@H]1CC[C@H]2[C@@H]3CCC4=CC(=O)C=C[C@]4(C)[C@H]3CC[C@]12C)N(C)C. The Bertz CT molecular complexity index is 632. The van der Waals surface area contributed by atoms with Gasteiger partial charge in [-0.15, -0.1) is 0 Å². The summed E-state index contributed by atoms with van der Waals surface area (Å²) in [6.45, 7) is 7.46. The topological polar surface area (TPSA) is 20.3 Å². The van der Waals surface area contributed by atoms with Crippen LogP contribution in [0.2, 0.25) is 0 Å². The van der Waals surface area contributed by atoms with Gasteiger partial charge in [0.1, 0.15) is 0 Å². The first-order chi connectivity index (χ1) is 11.8. The quantitative estimate of drug-likeness (QED) is 0.715. The fourth-order valence-electron chi connectivity index (χ4n) is 7.39. The Labute approximate surface area is 153 Å². The third-order valence-electron chi connectivity index (χ3n) is 9.03. The van der Waals surface area contributed by atoms with Crippen LogP contribution in [0.1, 0.15) is 59.3 Å². The molecule has 0 aromatic heterocycles. The van der Waals surface area contributed by atoms with Gasteiger partial charge in [0.05, 0.1) is 0 Å². The van der Waals surface area contributed by atoms with Crippen LogP contribution < -0.4 is 0 Å². The van der Waals surface area contributed by atoms with Crippen molar-refractivity contribution in [2.24, 2.45) is 34.5 Å². The maximum atomic E-state index is 11.9. The Balaban J connectivity index is 1.64. The van der Waals surface area contributed by atoms with Crippen LogP contribution in [0.3, 0.4) is 0 Å². The van der Waals surface area contributed by atoms with Crippen molar-refractivity contribution in [1.29, 1.82) is 0 Å². The molecular formula is C23H35NO. The average Bonchev–Trinajstić information content (AvgIpc) is 2.92. The van der Waals surface area contributed by atoms with E-state index >= 15 is 0 Å². The van der Waals surface area contributed by atoms with Gasteiger partial charge in [-0.05, 0) is 101 Å². The van der Waals surface area contributed by atoms with Gasteiger partial charge in [-0.25, -0.2) is 0 Å². The Kier molecular flexibility index (Phi) is 4.07. The fourth-order valence-corrected chi connectivity index (χ4v) is 7.39. The van der Waals surface area contributed by atoms with Gasteiger partial charge in [-0.1, -0.05) is 25.5 Å². The van der Waals surface area contributed by atoms with Crippen molar-refractivity contribution < 1.29 is 4.79 Å². The fraction of sp³-hybridized carbons (Fsp3) is 0.783. The van der Waals surface area contributed by atoms with Crippen molar-refractivity contribution in [3.63, 3.8) is 0 Å². The number of fused-ring (bicyclic) bond motifs is 5. The van der Waals surface area contributed by atoms with Gasteiger partial charge < -0.3 is 4.90 Å². The Morgan fingerprint density at radius 1 is 1.12 bits per heavy atom. The molecule has 0 radical (unpaired) electrons. The lowest BCUT2D eigenvalue weighted by atomic mass is 9.47. The number of carbonyl (C=O) groups is 1. The molecule has 0 saturated heterocycles. The summed E-state index contributed by atoms with van der Waals surface area (Å²) in [6.07, 6.45) is 14.0. The maximum Gasteiger partial charge on any atom is 0.178 e. The van der Waals surface area contributed by atoms with Gasteiger partial charge in [0.25, 0.3) is 0 Å². The van der Waals surface area contributed by atoms with Crippen molar-refractivity contribution in [3.05, 3.63) is 23.8 Å². The van der Waals surface area contributed by atoms with Crippen LogP contribution in [0, 0.1) is 34.5 Å². The molecule has 2 heteroatoms. The molecule has 3 fully saturated rings.